The fraction of sp³-hybridized carbons (Fsp3) is 0.381. The van der Waals surface area contributed by atoms with Gasteiger partial charge in [-0.05, 0) is 57.5 Å². The van der Waals surface area contributed by atoms with E-state index < -0.39 is 6.10 Å². The van der Waals surface area contributed by atoms with E-state index >= 15 is 0 Å². The van der Waals surface area contributed by atoms with Crippen molar-refractivity contribution in [3.8, 4) is 11.5 Å². The average molecular weight is 374 g/mol. The maximum absolute atomic E-state index is 12.7. The summed E-state index contributed by atoms with van der Waals surface area (Å²) >= 11 is 5.97. The molecule has 2 aromatic carbocycles. The van der Waals surface area contributed by atoms with Crippen LogP contribution in [0.5, 0.6) is 11.5 Å². The minimum Gasteiger partial charge on any atom is -0.487 e. The third-order valence-electron chi connectivity index (χ3n) is 4.42. The van der Waals surface area contributed by atoms with Crippen molar-refractivity contribution < 1.29 is 14.3 Å². The zero-order valence-corrected chi connectivity index (χ0v) is 16.3. The first-order valence-corrected chi connectivity index (χ1v) is 9.13. The number of fused-ring (bicyclic) bond motifs is 1. The van der Waals surface area contributed by atoms with Crippen LogP contribution >= 0.6 is 11.6 Å². The van der Waals surface area contributed by atoms with Crippen molar-refractivity contribution in [2.75, 3.05) is 0 Å². The highest BCUT2D eigenvalue weighted by atomic mass is 35.5. The maximum Gasteiger partial charge on any atom is 0.261 e. The van der Waals surface area contributed by atoms with Crippen LogP contribution in [0.1, 0.15) is 44.4 Å². The number of amides is 1. The monoisotopic (exact) mass is 373 g/mol. The maximum atomic E-state index is 12.7. The summed E-state index contributed by atoms with van der Waals surface area (Å²) in [4.78, 5) is 12.7. The summed E-state index contributed by atoms with van der Waals surface area (Å²) in [6.07, 6.45) is 0.0620. The van der Waals surface area contributed by atoms with E-state index in [0.717, 1.165) is 16.9 Å². The van der Waals surface area contributed by atoms with Crippen LogP contribution in [0.3, 0.4) is 0 Å². The molecule has 2 atom stereocenters. The molecule has 1 aliphatic heterocycles. The molecule has 5 heteroatoms. The van der Waals surface area contributed by atoms with Gasteiger partial charge in [0.25, 0.3) is 5.91 Å². The molecule has 1 N–H and O–H groups in total. The number of halogens is 1. The Bertz CT molecular complexity index is 819. The molecule has 1 heterocycles. The van der Waals surface area contributed by atoms with Gasteiger partial charge in [0.2, 0.25) is 0 Å². The summed E-state index contributed by atoms with van der Waals surface area (Å²) in [6.45, 7) is 7.82. The number of ether oxygens (including phenoxy) is 2. The summed E-state index contributed by atoms with van der Waals surface area (Å²) in [5.74, 6) is 1.23. The van der Waals surface area contributed by atoms with Gasteiger partial charge in [-0.15, -0.1) is 0 Å². The Morgan fingerprint density at radius 1 is 1.31 bits per heavy atom. The molecular formula is C21H24ClNO3. The quantitative estimate of drug-likeness (QED) is 0.834. The first-order chi connectivity index (χ1) is 12.2. The molecule has 2 unspecified atom stereocenters. The van der Waals surface area contributed by atoms with Crippen molar-refractivity contribution in [1.82, 2.24) is 5.32 Å². The minimum absolute atomic E-state index is 0.118. The molecule has 0 fully saturated rings. The second-order valence-corrected chi connectivity index (χ2v) is 7.82. The zero-order valence-electron chi connectivity index (χ0n) is 15.5. The van der Waals surface area contributed by atoms with Crippen molar-refractivity contribution in [2.45, 2.75) is 51.9 Å². The minimum atomic E-state index is -0.631. The van der Waals surface area contributed by atoms with E-state index in [1.165, 1.54) is 0 Å². The predicted octanol–water partition coefficient (Wildman–Crippen LogP) is 4.83. The van der Waals surface area contributed by atoms with Crippen LogP contribution < -0.4 is 14.8 Å². The van der Waals surface area contributed by atoms with E-state index in [0.29, 0.717) is 17.2 Å². The van der Waals surface area contributed by atoms with E-state index in [1.807, 2.05) is 39.0 Å². The Balaban J connectivity index is 1.74. The van der Waals surface area contributed by atoms with Gasteiger partial charge in [-0.1, -0.05) is 29.8 Å². The lowest BCUT2D eigenvalue weighted by Crippen LogP contribution is -2.44. The SMILES string of the molecule is Cc1ccc2c(c1)OC(C)(C)CC2NC(=O)C(C)Oc1cccc(Cl)c1. The first-order valence-electron chi connectivity index (χ1n) is 8.76. The average Bonchev–Trinajstić information content (AvgIpc) is 2.53. The molecule has 0 bridgehead atoms. The van der Waals surface area contributed by atoms with E-state index in [4.69, 9.17) is 21.1 Å². The van der Waals surface area contributed by atoms with Crippen LogP contribution in [-0.2, 0) is 4.79 Å². The van der Waals surface area contributed by atoms with Gasteiger partial charge in [0.1, 0.15) is 17.1 Å². The Kier molecular flexibility index (Phi) is 5.15. The highest BCUT2D eigenvalue weighted by Gasteiger charge is 2.35. The van der Waals surface area contributed by atoms with Gasteiger partial charge in [0, 0.05) is 17.0 Å². The van der Waals surface area contributed by atoms with Crippen LogP contribution in [0.4, 0.5) is 0 Å². The fourth-order valence-corrected chi connectivity index (χ4v) is 3.35. The molecule has 26 heavy (non-hydrogen) atoms. The van der Waals surface area contributed by atoms with Crippen molar-refractivity contribution >= 4 is 17.5 Å². The molecule has 0 radical (unpaired) electrons. The lowest BCUT2D eigenvalue weighted by atomic mass is 9.89. The molecule has 1 amide bonds. The van der Waals surface area contributed by atoms with Crippen molar-refractivity contribution in [1.29, 1.82) is 0 Å². The standard InChI is InChI=1S/C21H24ClNO3/c1-13-8-9-17-18(12-21(3,4)26-19(17)10-13)23-20(24)14(2)25-16-7-5-6-15(22)11-16/h5-11,14,18H,12H2,1-4H3,(H,23,24). The van der Waals surface area contributed by atoms with Crippen LogP contribution in [0.15, 0.2) is 42.5 Å². The predicted molar refractivity (Wildman–Crippen MR) is 103 cm³/mol. The summed E-state index contributed by atoms with van der Waals surface area (Å²) in [5, 5.41) is 3.68. The molecule has 3 rings (SSSR count). The summed E-state index contributed by atoms with van der Waals surface area (Å²) < 4.78 is 11.8. The van der Waals surface area contributed by atoms with Gasteiger partial charge < -0.3 is 14.8 Å². The highest BCUT2D eigenvalue weighted by molar-refractivity contribution is 6.30. The van der Waals surface area contributed by atoms with E-state index in [-0.39, 0.29) is 17.6 Å². The van der Waals surface area contributed by atoms with E-state index in [2.05, 4.69) is 5.32 Å². The third kappa shape index (κ3) is 4.31. The Morgan fingerprint density at radius 2 is 2.08 bits per heavy atom. The third-order valence-corrected chi connectivity index (χ3v) is 4.66. The molecular weight excluding hydrogens is 350 g/mol. The molecule has 138 valence electrons. The topological polar surface area (TPSA) is 47.6 Å². The Morgan fingerprint density at radius 3 is 2.81 bits per heavy atom. The van der Waals surface area contributed by atoms with Crippen molar-refractivity contribution in [2.24, 2.45) is 0 Å². The Labute approximate surface area is 159 Å². The van der Waals surface area contributed by atoms with Gasteiger partial charge >= 0.3 is 0 Å². The lowest BCUT2D eigenvalue weighted by molar-refractivity contribution is -0.128. The number of nitrogens with one attached hydrogen (secondary N) is 1. The number of carbonyl (C=O) groups excluding carboxylic acids is 1. The number of benzene rings is 2. The van der Waals surface area contributed by atoms with Crippen LogP contribution in [-0.4, -0.2) is 17.6 Å². The largest absolute Gasteiger partial charge is 0.487 e. The molecule has 0 saturated heterocycles. The summed E-state index contributed by atoms with van der Waals surface area (Å²) in [5.41, 5.74) is 1.78. The first kappa shape index (κ1) is 18.6. The highest BCUT2D eigenvalue weighted by Crippen LogP contribution is 2.39. The fourth-order valence-electron chi connectivity index (χ4n) is 3.17. The van der Waals surface area contributed by atoms with E-state index in [9.17, 15) is 4.79 Å². The molecule has 0 saturated carbocycles. The summed E-state index contributed by atoms with van der Waals surface area (Å²) in [7, 11) is 0. The second kappa shape index (κ2) is 7.20. The van der Waals surface area contributed by atoms with Gasteiger partial charge in [0.15, 0.2) is 6.10 Å². The zero-order chi connectivity index (χ0) is 18.9. The lowest BCUT2D eigenvalue weighted by Gasteiger charge is -2.38. The molecule has 0 aromatic heterocycles. The van der Waals surface area contributed by atoms with Crippen LogP contribution in [0.25, 0.3) is 0 Å². The van der Waals surface area contributed by atoms with Gasteiger partial charge in [-0.3, -0.25) is 4.79 Å². The van der Waals surface area contributed by atoms with Crippen molar-refractivity contribution in [3.05, 3.63) is 58.6 Å². The smallest absolute Gasteiger partial charge is 0.261 e. The van der Waals surface area contributed by atoms with Gasteiger partial charge in [-0.25, -0.2) is 0 Å². The molecule has 0 spiro atoms. The van der Waals surface area contributed by atoms with Gasteiger partial charge in [0.05, 0.1) is 6.04 Å². The number of rotatable bonds is 4. The number of hydrogen-bond donors (Lipinski definition) is 1. The number of carbonyl (C=O) groups is 1. The molecule has 4 nitrogen and oxygen atoms in total. The molecule has 1 aliphatic rings. The number of hydrogen-bond acceptors (Lipinski definition) is 3. The number of aryl methyl sites for hydroxylation is 1. The van der Waals surface area contributed by atoms with Gasteiger partial charge in [-0.2, -0.15) is 0 Å². The molecule has 0 aliphatic carbocycles. The van der Waals surface area contributed by atoms with Crippen LogP contribution in [0, 0.1) is 6.92 Å². The summed E-state index contributed by atoms with van der Waals surface area (Å²) in [6, 6.07) is 13.0. The molecule has 2 aromatic rings. The second-order valence-electron chi connectivity index (χ2n) is 7.39. The Hall–Kier alpha value is -2.20. The van der Waals surface area contributed by atoms with Crippen LogP contribution in [0.2, 0.25) is 5.02 Å². The van der Waals surface area contributed by atoms with E-state index in [1.54, 1.807) is 31.2 Å². The van der Waals surface area contributed by atoms with Crippen molar-refractivity contribution in [3.63, 3.8) is 0 Å². The normalized spacial score (nSPS) is 19.0.